The highest BCUT2D eigenvalue weighted by atomic mass is 79.9. The number of halogens is 2. The van der Waals surface area contributed by atoms with Crippen LogP contribution in [0, 0.1) is 0 Å². The third kappa shape index (κ3) is 3.04. The fourth-order valence-electron chi connectivity index (χ4n) is 3.47. The number of amides is 1. The zero-order valence-electron chi connectivity index (χ0n) is 12.7. The smallest absolute Gasteiger partial charge is 0.238 e. The minimum absolute atomic E-state index is 0.189. The van der Waals surface area contributed by atoms with Crippen molar-refractivity contribution < 1.29 is 4.79 Å². The Labute approximate surface area is 154 Å². The van der Waals surface area contributed by atoms with Gasteiger partial charge in [-0.25, -0.2) is 0 Å². The van der Waals surface area contributed by atoms with Gasteiger partial charge in [0.15, 0.2) is 0 Å². The normalized spacial score (nSPS) is 28.5. The summed E-state index contributed by atoms with van der Waals surface area (Å²) in [5, 5.41) is 2.95. The number of rotatable bonds is 2. The number of carbonyl (C=O) groups is 1. The highest BCUT2D eigenvalue weighted by Crippen LogP contribution is 2.49. The van der Waals surface area contributed by atoms with Crippen molar-refractivity contribution in [1.29, 1.82) is 0 Å². The van der Waals surface area contributed by atoms with Gasteiger partial charge in [-0.3, -0.25) is 9.69 Å². The maximum atomic E-state index is 12.8. The molecule has 0 spiro atoms. The van der Waals surface area contributed by atoms with Gasteiger partial charge >= 0.3 is 0 Å². The summed E-state index contributed by atoms with van der Waals surface area (Å²) in [5.41, 5.74) is 1.08. The molecule has 124 valence electrons. The lowest BCUT2D eigenvalue weighted by Crippen LogP contribution is -2.65. The van der Waals surface area contributed by atoms with E-state index in [1.54, 1.807) is 11.8 Å². The average Bonchev–Trinajstić information content (AvgIpc) is 2.83. The standard InChI is InChI=1S/C16H19BrClN3OS/c17-10-1-2-12-13(7-10)23-15(14(12)18)16(22)21-8-11(9-21)20-5-3-19-4-6-20/h1-2,7,11,14-15,19H,3-6,8-9H2. The monoisotopic (exact) mass is 415 g/mol. The molecule has 1 aromatic rings. The maximum absolute atomic E-state index is 12.8. The number of hydrogen-bond acceptors (Lipinski definition) is 4. The van der Waals surface area contributed by atoms with Crippen molar-refractivity contribution in [2.45, 2.75) is 21.6 Å². The van der Waals surface area contributed by atoms with Gasteiger partial charge in [-0.15, -0.1) is 23.4 Å². The SMILES string of the molecule is O=C(C1Sc2cc(Br)ccc2C1Cl)N1CC(N2CCNCC2)C1. The molecule has 2 fully saturated rings. The minimum atomic E-state index is -0.228. The first-order chi connectivity index (χ1) is 11.1. The largest absolute Gasteiger partial charge is 0.338 e. The molecule has 2 unspecified atom stereocenters. The third-order valence-corrected chi connectivity index (χ3v) is 7.34. The Morgan fingerprint density at radius 2 is 2.04 bits per heavy atom. The summed E-state index contributed by atoms with van der Waals surface area (Å²) in [6.07, 6.45) is 0. The van der Waals surface area contributed by atoms with E-state index in [4.69, 9.17) is 11.6 Å². The summed E-state index contributed by atoms with van der Waals surface area (Å²) in [6.45, 7) is 5.97. The minimum Gasteiger partial charge on any atom is -0.338 e. The lowest BCUT2D eigenvalue weighted by Gasteiger charge is -2.47. The van der Waals surface area contributed by atoms with Crippen LogP contribution in [-0.2, 0) is 4.79 Å². The number of piperazine rings is 1. The van der Waals surface area contributed by atoms with E-state index in [1.807, 2.05) is 17.0 Å². The fourth-order valence-corrected chi connectivity index (χ4v) is 5.81. The molecule has 1 N–H and O–H groups in total. The summed E-state index contributed by atoms with van der Waals surface area (Å²) >= 11 is 11.7. The predicted octanol–water partition coefficient (Wildman–Crippen LogP) is 2.32. The van der Waals surface area contributed by atoms with Gasteiger partial charge in [0, 0.05) is 54.7 Å². The van der Waals surface area contributed by atoms with E-state index in [9.17, 15) is 4.79 Å². The maximum Gasteiger partial charge on any atom is 0.238 e. The molecule has 0 radical (unpaired) electrons. The van der Waals surface area contributed by atoms with Crippen LogP contribution in [-0.4, -0.2) is 66.3 Å². The quantitative estimate of drug-likeness (QED) is 0.751. The number of nitrogens with one attached hydrogen (secondary N) is 1. The van der Waals surface area contributed by atoms with Crippen molar-refractivity contribution in [3.63, 3.8) is 0 Å². The predicted molar refractivity (Wildman–Crippen MR) is 97.2 cm³/mol. The van der Waals surface area contributed by atoms with Crippen molar-refractivity contribution in [1.82, 2.24) is 15.1 Å². The van der Waals surface area contributed by atoms with Crippen molar-refractivity contribution in [3.05, 3.63) is 28.2 Å². The van der Waals surface area contributed by atoms with Crippen LogP contribution in [0.15, 0.2) is 27.6 Å². The zero-order valence-corrected chi connectivity index (χ0v) is 15.8. The Morgan fingerprint density at radius 3 is 2.78 bits per heavy atom. The molecule has 4 nitrogen and oxygen atoms in total. The van der Waals surface area contributed by atoms with Gasteiger partial charge in [-0.1, -0.05) is 22.0 Å². The van der Waals surface area contributed by atoms with Crippen molar-refractivity contribution in [2.75, 3.05) is 39.3 Å². The number of alkyl halides is 1. The molecule has 0 bridgehead atoms. The lowest BCUT2D eigenvalue weighted by atomic mass is 10.0. The number of likely N-dealkylation sites (tertiary alicyclic amines) is 1. The second-order valence-corrected chi connectivity index (χ2v) is 8.87. The van der Waals surface area contributed by atoms with E-state index >= 15 is 0 Å². The molecule has 1 aromatic carbocycles. The average molecular weight is 417 g/mol. The molecule has 2 atom stereocenters. The van der Waals surface area contributed by atoms with Gasteiger partial charge in [-0.05, 0) is 17.7 Å². The van der Waals surface area contributed by atoms with Crippen LogP contribution in [0.1, 0.15) is 10.9 Å². The molecule has 3 aliphatic heterocycles. The number of nitrogens with zero attached hydrogens (tertiary/aromatic N) is 2. The topological polar surface area (TPSA) is 35.6 Å². The molecule has 0 aromatic heterocycles. The molecule has 23 heavy (non-hydrogen) atoms. The molecule has 2 saturated heterocycles. The Bertz CT molecular complexity index is 619. The van der Waals surface area contributed by atoms with E-state index < -0.39 is 0 Å². The number of thioether (sulfide) groups is 1. The number of hydrogen-bond donors (Lipinski definition) is 1. The summed E-state index contributed by atoms with van der Waals surface area (Å²) in [7, 11) is 0. The molecule has 3 aliphatic rings. The van der Waals surface area contributed by atoms with Crippen LogP contribution in [0.25, 0.3) is 0 Å². The Hall–Kier alpha value is -0.270. The molecule has 0 aliphatic carbocycles. The first kappa shape index (κ1) is 16.2. The molecular weight excluding hydrogens is 398 g/mol. The van der Waals surface area contributed by atoms with Crippen molar-refractivity contribution in [2.24, 2.45) is 0 Å². The summed E-state index contributed by atoms with van der Waals surface area (Å²) in [5.74, 6) is 0.189. The highest BCUT2D eigenvalue weighted by Gasteiger charge is 2.43. The van der Waals surface area contributed by atoms with Crippen LogP contribution in [0.5, 0.6) is 0 Å². The summed E-state index contributed by atoms with van der Waals surface area (Å²) < 4.78 is 1.03. The van der Waals surface area contributed by atoms with E-state index in [0.717, 1.165) is 54.2 Å². The Morgan fingerprint density at radius 1 is 1.30 bits per heavy atom. The molecule has 7 heteroatoms. The number of benzene rings is 1. The Kier molecular flexibility index (Phi) is 4.62. The summed E-state index contributed by atoms with van der Waals surface area (Å²) in [4.78, 5) is 18.4. The van der Waals surface area contributed by atoms with Gasteiger partial charge < -0.3 is 10.2 Å². The number of carbonyl (C=O) groups excluding carboxylic acids is 1. The van der Waals surface area contributed by atoms with E-state index in [2.05, 4.69) is 32.2 Å². The second kappa shape index (κ2) is 6.56. The molecule has 1 amide bonds. The number of fused-ring (bicyclic) bond motifs is 1. The van der Waals surface area contributed by atoms with Gasteiger partial charge in [0.25, 0.3) is 0 Å². The Balaban J connectivity index is 1.38. The fraction of sp³-hybridized carbons (Fsp3) is 0.562. The summed E-state index contributed by atoms with van der Waals surface area (Å²) in [6, 6.07) is 6.60. The second-order valence-electron chi connectivity index (χ2n) is 6.31. The van der Waals surface area contributed by atoms with Gasteiger partial charge in [0.1, 0.15) is 5.25 Å². The van der Waals surface area contributed by atoms with E-state index in [-0.39, 0.29) is 16.5 Å². The highest BCUT2D eigenvalue weighted by molar-refractivity contribution is 9.10. The third-order valence-electron chi connectivity index (χ3n) is 4.88. The molecular formula is C16H19BrClN3OS. The van der Waals surface area contributed by atoms with Gasteiger partial charge in [0.05, 0.1) is 5.38 Å². The van der Waals surface area contributed by atoms with Crippen molar-refractivity contribution in [3.8, 4) is 0 Å². The van der Waals surface area contributed by atoms with Gasteiger partial charge in [0.2, 0.25) is 5.91 Å². The van der Waals surface area contributed by atoms with Crippen LogP contribution < -0.4 is 5.32 Å². The van der Waals surface area contributed by atoms with Crippen LogP contribution >= 0.6 is 39.3 Å². The molecule has 4 rings (SSSR count). The van der Waals surface area contributed by atoms with Crippen LogP contribution in [0.4, 0.5) is 0 Å². The first-order valence-corrected chi connectivity index (χ1v) is 10.1. The van der Waals surface area contributed by atoms with Crippen LogP contribution in [0.2, 0.25) is 0 Å². The molecule has 3 heterocycles. The first-order valence-electron chi connectivity index (χ1n) is 7.97. The molecule has 0 saturated carbocycles. The van der Waals surface area contributed by atoms with Crippen molar-refractivity contribution >= 4 is 45.2 Å². The van der Waals surface area contributed by atoms with E-state index in [0.29, 0.717) is 6.04 Å². The lowest BCUT2D eigenvalue weighted by molar-refractivity contribution is -0.138. The zero-order chi connectivity index (χ0) is 16.0. The van der Waals surface area contributed by atoms with Crippen LogP contribution in [0.3, 0.4) is 0 Å². The van der Waals surface area contributed by atoms with E-state index in [1.165, 1.54) is 0 Å². The van der Waals surface area contributed by atoms with Gasteiger partial charge in [-0.2, -0.15) is 0 Å².